The van der Waals surface area contributed by atoms with Gasteiger partial charge in [0.2, 0.25) is 0 Å². The van der Waals surface area contributed by atoms with Gasteiger partial charge in [-0.25, -0.2) is 4.79 Å². The first-order valence-corrected chi connectivity index (χ1v) is 9.03. The van der Waals surface area contributed by atoms with Crippen molar-refractivity contribution in [1.82, 2.24) is 9.80 Å². The summed E-state index contributed by atoms with van der Waals surface area (Å²) in [7, 11) is 2.11. The lowest BCUT2D eigenvalue weighted by atomic mass is 10.1. The second-order valence-corrected chi connectivity index (χ2v) is 7.09. The van der Waals surface area contributed by atoms with Gasteiger partial charge < -0.3 is 24.1 Å². The Kier molecular flexibility index (Phi) is 6.13. The second kappa shape index (κ2) is 8.42. The Bertz CT molecular complexity index is 849. The number of hydrogen-bond donors (Lipinski definition) is 1. The maximum absolute atomic E-state index is 12.7. The average Bonchev–Trinajstić information content (AvgIpc) is 3.21. The van der Waals surface area contributed by atoms with Crippen LogP contribution in [0.3, 0.4) is 0 Å². The van der Waals surface area contributed by atoms with Gasteiger partial charge in [-0.05, 0) is 19.2 Å². The number of rotatable bonds is 1. The van der Waals surface area contributed by atoms with Crippen molar-refractivity contribution in [2.75, 3.05) is 39.8 Å². The molecule has 2 saturated heterocycles. The number of carbonyl (C=O) groups excluding carboxylic acids is 1. The maximum Gasteiger partial charge on any atom is 0.490 e. The van der Waals surface area contributed by atoms with Gasteiger partial charge in [0.25, 0.3) is 5.91 Å². The second-order valence-electron chi connectivity index (χ2n) is 7.09. The van der Waals surface area contributed by atoms with Crippen LogP contribution in [0.4, 0.5) is 13.2 Å². The molecule has 2 atom stereocenters. The standard InChI is InChI=1S/C17H20N2O3.C2HF3O2/c1-18-6-7-21-16-11-19(10-13(16)9-18)17(20)15-8-12-4-2-3-5-14(12)22-15;3-2(4,5)1(6)7/h2-5,8,13,16H,6-7,9-11H2,1H3;(H,6,7)/t13-,16+;/m0./s1. The molecule has 158 valence electrons. The van der Waals surface area contributed by atoms with E-state index in [0.717, 1.165) is 37.2 Å². The molecule has 1 N–H and O–H groups in total. The molecule has 0 saturated carbocycles. The van der Waals surface area contributed by atoms with Crippen molar-refractivity contribution in [1.29, 1.82) is 0 Å². The van der Waals surface area contributed by atoms with Crippen molar-refractivity contribution >= 4 is 22.8 Å². The van der Waals surface area contributed by atoms with Gasteiger partial charge in [0.1, 0.15) is 5.58 Å². The molecule has 29 heavy (non-hydrogen) atoms. The fourth-order valence-electron chi connectivity index (χ4n) is 3.47. The molecule has 1 aromatic carbocycles. The van der Waals surface area contributed by atoms with Crippen LogP contribution in [-0.2, 0) is 9.53 Å². The molecule has 10 heteroatoms. The summed E-state index contributed by atoms with van der Waals surface area (Å²) in [6.07, 6.45) is -4.93. The smallest absolute Gasteiger partial charge is 0.475 e. The minimum atomic E-state index is -5.08. The Balaban J connectivity index is 0.000000298. The Morgan fingerprint density at radius 1 is 1.17 bits per heavy atom. The Morgan fingerprint density at radius 2 is 1.86 bits per heavy atom. The predicted octanol–water partition coefficient (Wildman–Crippen LogP) is 2.47. The first-order chi connectivity index (χ1) is 13.6. The third kappa shape index (κ3) is 5.07. The van der Waals surface area contributed by atoms with E-state index < -0.39 is 12.1 Å². The summed E-state index contributed by atoms with van der Waals surface area (Å²) in [5.41, 5.74) is 0.759. The van der Waals surface area contributed by atoms with E-state index in [1.165, 1.54) is 0 Å². The van der Waals surface area contributed by atoms with Gasteiger partial charge in [-0.1, -0.05) is 18.2 Å². The van der Waals surface area contributed by atoms with Gasteiger partial charge in [-0.2, -0.15) is 13.2 Å². The summed E-state index contributed by atoms with van der Waals surface area (Å²) >= 11 is 0. The van der Waals surface area contributed by atoms with Gasteiger partial charge in [-0.15, -0.1) is 0 Å². The van der Waals surface area contributed by atoms with Crippen LogP contribution in [-0.4, -0.2) is 78.9 Å². The number of carboxylic acid groups (broad SMARTS) is 1. The molecule has 0 aliphatic carbocycles. The lowest BCUT2D eigenvalue weighted by Crippen LogP contribution is -2.32. The molecule has 1 aromatic heterocycles. The number of amides is 1. The molecule has 7 nitrogen and oxygen atoms in total. The number of benzene rings is 1. The third-order valence-electron chi connectivity index (χ3n) is 4.90. The number of nitrogens with zero attached hydrogens (tertiary/aromatic N) is 2. The summed E-state index contributed by atoms with van der Waals surface area (Å²) in [6.45, 7) is 4.09. The lowest BCUT2D eigenvalue weighted by Gasteiger charge is -2.18. The normalized spacial score (nSPS) is 22.6. The average molecular weight is 414 g/mol. The number of carboxylic acids is 1. The number of aliphatic carboxylic acids is 1. The van der Waals surface area contributed by atoms with Crippen LogP contribution in [0.1, 0.15) is 10.6 Å². The number of ether oxygens (including phenoxy) is 1. The monoisotopic (exact) mass is 414 g/mol. The number of fused-ring (bicyclic) bond motifs is 2. The van der Waals surface area contributed by atoms with Crippen molar-refractivity contribution < 1.29 is 37.0 Å². The number of likely N-dealkylation sites (N-methyl/N-ethyl adjacent to an activating group) is 1. The highest BCUT2D eigenvalue weighted by molar-refractivity contribution is 5.96. The van der Waals surface area contributed by atoms with Gasteiger partial charge in [0, 0.05) is 37.5 Å². The summed E-state index contributed by atoms with van der Waals surface area (Å²) in [5.74, 6) is -1.98. The highest BCUT2D eigenvalue weighted by Crippen LogP contribution is 2.26. The number of alkyl halides is 3. The van der Waals surface area contributed by atoms with E-state index in [-0.39, 0.29) is 12.0 Å². The van der Waals surface area contributed by atoms with Gasteiger partial charge >= 0.3 is 12.1 Å². The quantitative estimate of drug-likeness (QED) is 0.772. The number of furan rings is 1. The first kappa shape index (κ1) is 21.1. The predicted molar refractivity (Wildman–Crippen MR) is 96.5 cm³/mol. The van der Waals surface area contributed by atoms with Crippen LogP contribution in [0.15, 0.2) is 34.7 Å². The summed E-state index contributed by atoms with van der Waals surface area (Å²) in [5, 5.41) is 8.09. The zero-order valence-corrected chi connectivity index (χ0v) is 15.7. The number of hydrogen-bond acceptors (Lipinski definition) is 5. The molecular formula is C19H21F3N2O5. The maximum atomic E-state index is 12.7. The number of likely N-dealkylation sites (tertiary alicyclic amines) is 1. The molecule has 0 bridgehead atoms. The molecule has 0 spiro atoms. The van der Waals surface area contributed by atoms with E-state index in [0.29, 0.717) is 18.2 Å². The van der Waals surface area contributed by atoms with Crippen molar-refractivity contribution in [3.8, 4) is 0 Å². The summed E-state index contributed by atoms with van der Waals surface area (Å²) in [4.78, 5) is 25.7. The Labute approximate surface area is 164 Å². The molecule has 2 aliphatic rings. The van der Waals surface area contributed by atoms with Crippen molar-refractivity contribution in [3.63, 3.8) is 0 Å². The summed E-state index contributed by atoms with van der Waals surface area (Å²) < 4.78 is 43.3. The van der Waals surface area contributed by atoms with Crippen LogP contribution in [0, 0.1) is 5.92 Å². The minimum Gasteiger partial charge on any atom is -0.475 e. The molecule has 0 radical (unpaired) electrons. The number of halogens is 3. The fourth-order valence-corrected chi connectivity index (χ4v) is 3.47. The van der Waals surface area contributed by atoms with Gasteiger partial charge in [0.15, 0.2) is 5.76 Å². The highest BCUT2D eigenvalue weighted by atomic mass is 19.4. The van der Waals surface area contributed by atoms with Gasteiger partial charge in [0.05, 0.1) is 12.7 Å². The van der Waals surface area contributed by atoms with Crippen molar-refractivity contribution in [3.05, 3.63) is 36.1 Å². The van der Waals surface area contributed by atoms with Crippen molar-refractivity contribution in [2.45, 2.75) is 12.3 Å². The fraction of sp³-hybridized carbons (Fsp3) is 0.474. The van der Waals surface area contributed by atoms with Crippen molar-refractivity contribution in [2.24, 2.45) is 5.92 Å². The largest absolute Gasteiger partial charge is 0.490 e. The van der Waals surface area contributed by atoms with E-state index in [1.807, 2.05) is 35.2 Å². The van der Waals surface area contributed by atoms with Gasteiger partial charge in [-0.3, -0.25) is 4.79 Å². The summed E-state index contributed by atoms with van der Waals surface area (Å²) in [6, 6.07) is 9.54. The Hall–Kier alpha value is -2.59. The number of para-hydroxylation sites is 1. The highest BCUT2D eigenvalue weighted by Gasteiger charge is 2.39. The topological polar surface area (TPSA) is 83.2 Å². The molecule has 4 rings (SSSR count). The van der Waals surface area contributed by atoms with E-state index in [4.69, 9.17) is 19.1 Å². The molecule has 1 amide bonds. The minimum absolute atomic E-state index is 0.0319. The van der Waals surface area contributed by atoms with Crippen LogP contribution in [0.5, 0.6) is 0 Å². The SMILES string of the molecule is CN1CCO[C@@H]2CN(C(=O)c3cc4ccccc4o3)C[C@@H]2C1.O=C(O)C(F)(F)F. The number of carbonyl (C=O) groups is 2. The van der Waals surface area contributed by atoms with Crippen LogP contribution in [0.2, 0.25) is 0 Å². The van der Waals surface area contributed by atoms with E-state index in [9.17, 15) is 18.0 Å². The van der Waals surface area contributed by atoms with Crippen LogP contribution in [0.25, 0.3) is 11.0 Å². The van der Waals surface area contributed by atoms with Crippen LogP contribution >= 0.6 is 0 Å². The zero-order valence-electron chi connectivity index (χ0n) is 15.7. The van der Waals surface area contributed by atoms with E-state index in [2.05, 4.69) is 11.9 Å². The lowest BCUT2D eigenvalue weighted by molar-refractivity contribution is -0.192. The third-order valence-corrected chi connectivity index (χ3v) is 4.90. The molecule has 0 unspecified atom stereocenters. The van der Waals surface area contributed by atoms with E-state index >= 15 is 0 Å². The zero-order chi connectivity index (χ0) is 21.2. The van der Waals surface area contributed by atoms with E-state index in [1.54, 1.807) is 0 Å². The Morgan fingerprint density at radius 3 is 2.52 bits per heavy atom. The first-order valence-electron chi connectivity index (χ1n) is 9.03. The molecule has 3 heterocycles. The molecule has 2 aromatic rings. The van der Waals surface area contributed by atoms with Crippen LogP contribution < -0.4 is 0 Å². The molecule has 2 fully saturated rings. The molecular weight excluding hydrogens is 393 g/mol. The molecule has 2 aliphatic heterocycles.